The van der Waals surface area contributed by atoms with E-state index in [2.05, 4.69) is 39.4 Å². The smallest absolute Gasteiger partial charge is 0.275 e. The number of nitrogens with zero attached hydrogens (tertiary/aromatic N) is 3. The third-order valence-electron chi connectivity index (χ3n) is 3.90. The van der Waals surface area contributed by atoms with Crippen molar-refractivity contribution in [3.05, 3.63) is 78.0 Å². The molecule has 1 amide bonds. The lowest BCUT2D eigenvalue weighted by Gasteiger charge is -2.08. The Balaban J connectivity index is 1.58. The van der Waals surface area contributed by atoms with Crippen LogP contribution in [0.2, 0.25) is 0 Å². The molecule has 0 radical (unpaired) electrons. The number of nitrogens with one attached hydrogen (secondary N) is 2. The number of carbonyl (C=O) groups excluding carboxylic acids is 1. The van der Waals surface area contributed by atoms with Crippen LogP contribution in [0.4, 0.5) is 11.5 Å². The molecule has 6 nitrogen and oxygen atoms in total. The van der Waals surface area contributed by atoms with Crippen molar-refractivity contribution in [1.82, 2.24) is 15.0 Å². The van der Waals surface area contributed by atoms with Gasteiger partial charge in [-0.3, -0.25) is 9.78 Å². The summed E-state index contributed by atoms with van der Waals surface area (Å²) in [6.45, 7) is 4.81. The van der Waals surface area contributed by atoms with Crippen LogP contribution < -0.4 is 10.6 Å². The predicted octanol–water partition coefficient (Wildman–Crippen LogP) is 3.86. The number of benzene rings is 1. The van der Waals surface area contributed by atoms with Gasteiger partial charge in [0.15, 0.2) is 0 Å². The fourth-order valence-electron chi connectivity index (χ4n) is 2.37. The molecule has 2 aromatic heterocycles. The van der Waals surface area contributed by atoms with Crippen LogP contribution in [0.25, 0.3) is 0 Å². The summed E-state index contributed by atoms with van der Waals surface area (Å²) in [5.74, 6) is 0.760. The number of rotatable bonds is 6. The van der Waals surface area contributed by atoms with Crippen molar-refractivity contribution in [3.8, 4) is 0 Å². The molecule has 26 heavy (non-hydrogen) atoms. The Morgan fingerprint density at radius 2 is 1.81 bits per heavy atom. The summed E-state index contributed by atoms with van der Waals surface area (Å²) < 4.78 is 0. The van der Waals surface area contributed by atoms with Crippen LogP contribution in [0, 0.1) is 0 Å². The van der Waals surface area contributed by atoms with Crippen molar-refractivity contribution in [2.75, 3.05) is 10.6 Å². The maximum absolute atomic E-state index is 12.3. The number of pyridine rings is 1. The quantitative estimate of drug-likeness (QED) is 0.708. The average molecular weight is 347 g/mol. The minimum absolute atomic E-state index is 0.265. The molecule has 0 aliphatic heterocycles. The van der Waals surface area contributed by atoms with Gasteiger partial charge in [-0.05, 0) is 35.7 Å². The Morgan fingerprint density at radius 1 is 1.00 bits per heavy atom. The van der Waals surface area contributed by atoms with Gasteiger partial charge in [-0.15, -0.1) is 0 Å². The Morgan fingerprint density at radius 3 is 2.42 bits per heavy atom. The van der Waals surface area contributed by atoms with E-state index in [0.29, 0.717) is 18.3 Å². The molecule has 6 heteroatoms. The maximum Gasteiger partial charge on any atom is 0.275 e. The van der Waals surface area contributed by atoms with Crippen molar-refractivity contribution >= 4 is 17.4 Å². The Labute approximate surface area is 152 Å². The summed E-state index contributed by atoms with van der Waals surface area (Å²) in [4.78, 5) is 24.9. The van der Waals surface area contributed by atoms with Gasteiger partial charge >= 0.3 is 0 Å². The zero-order valence-corrected chi connectivity index (χ0v) is 14.8. The van der Waals surface area contributed by atoms with Crippen molar-refractivity contribution < 1.29 is 4.79 Å². The highest BCUT2D eigenvalue weighted by molar-refractivity contribution is 6.02. The van der Waals surface area contributed by atoms with Crippen LogP contribution >= 0.6 is 0 Å². The second-order valence-corrected chi connectivity index (χ2v) is 6.19. The van der Waals surface area contributed by atoms with Crippen LogP contribution in [-0.4, -0.2) is 20.9 Å². The molecule has 0 saturated carbocycles. The number of carbonyl (C=O) groups is 1. The number of amides is 1. The molecule has 0 aliphatic rings. The summed E-state index contributed by atoms with van der Waals surface area (Å²) in [6.07, 6.45) is 4.74. The van der Waals surface area contributed by atoms with Gasteiger partial charge in [0.25, 0.3) is 5.91 Å². The van der Waals surface area contributed by atoms with E-state index in [9.17, 15) is 4.79 Å². The zero-order chi connectivity index (χ0) is 18.4. The first kappa shape index (κ1) is 17.5. The fraction of sp³-hybridized carbons (Fsp3) is 0.200. The van der Waals surface area contributed by atoms with E-state index in [0.717, 1.165) is 11.4 Å². The van der Waals surface area contributed by atoms with Crippen LogP contribution in [0.3, 0.4) is 0 Å². The molecule has 132 valence electrons. The van der Waals surface area contributed by atoms with E-state index in [1.807, 2.05) is 42.5 Å². The molecular weight excluding hydrogens is 326 g/mol. The van der Waals surface area contributed by atoms with Crippen LogP contribution in [-0.2, 0) is 6.54 Å². The average Bonchev–Trinajstić information content (AvgIpc) is 2.68. The van der Waals surface area contributed by atoms with E-state index in [1.165, 1.54) is 11.8 Å². The minimum Gasteiger partial charge on any atom is -0.363 e. The van der Waals surface area contributed by atoms with E-state index < -0.39 is 0 Å². The van der Waals surface area contributed by atoms with E-state index in [1.54, 1.807) is 12.4 Å². The Hall–Kier alpha value is -3.28. The standard InChI is InChI=1S/C20H21N5O/c1-14(2)15-6-8-16(9-7-15)25-20(26)18-12-24-19(13-22-18)23-11-17-5-3-4-10-21-17/h3-10,12-14H,11H2,1-2H3,(H,23,24)(H,25,26). The van der Waals surface area contributed by atoms with Crippen molar-refractivity contribution in [2.24, 2.45) is 0 Å². The molecule has 0 unspecified atom stereocenters. The van der Waals surface area contributed by atoms with Gasteiger partial charge < -0.3 is 10.6 Å². The van der Waals surface area contributed by atoms with Gasteiger partial charge in [0, 0.05) is 11.9 Å². The van der Waals surface area contributed by atoms with Gasteiger partial charge in [-0.25, -0.2) is 9.97 Å². The topological polar surface area (TPSA) is 79.8 Å². The van der Waals surface area contributed by atoms with Gasteiger partial charge in [0.1, 0.15) is 11.5 Å². The lowest BCUT2D eigenvalue weighted by atomic mass is 10.0. The fourth-order valence-corrected chi connectivity index (χ4v) is 2.37. The largest absolute Gasteiger partial charge is 0.363 e. The zero-order valence-electron chi connectivity index (χ0n) is 14.8. The van der Waals surface area contributed by atoms with Gasteiger partial charge in [-0.2, -0.15) is 0 Å². The summed E-state index contributed by atoms with van der Waals surface area (Å²) >= 11 is 0. The van der Waals surface area contributed by atoms with Crippen molar-refractivity contribution in [1.29, 1.82) is 0 Å². The first-order chi connectivity index (χ1) is 12.6. The Kier molecular flexibility index (Phi) is 5.53. The molecule has 0 fully saturated rings. The van der Waals surface area contributed by atoms with E-state index >= 15 is 0 Å². The number of hydrogen-bond acceptors (Lipinski definition) is 5. The summed E-state index contributed by atoms with van der Waals surface area (Å²) in [7, 11) is 0. The maximum atomic E-state index is 12.3. The SMILES string of the molecule is CC(C)c1ccc(NC(=O)c2cnc(NCc3ccccn3)cn2)cc1. The predicted molar refractivity (Wildman–Crippen MR) is 102 cm³/mol. The van der Waals surface area contributed by atoms with Crippen molar-refractivity contribution in [3.63, 3.8) is 0 Å². The Bertz CT molecular complexity index is 846. The molecule has 0 atom stereocenters. The van der Waals surface area contributed by atoms with E-state index in [4.69, 9.17) is 0 Å². The first-order valence-electron chi connectivity index (χ1n) is 8.49. The second kappa shape index (κ2) is 8.20. The number of anilines is 2. The highest BCUT2D eigenvalue weighted by Gasteiger charge is 2.09. The lowest BCUT2D eigenvalue weighted by molar-refractivity contribution is 0.102. The third kappa shape index (κ3) is 4.63. The molecule has 0 bridgehead atoms. The number of hydrogen-bond donors (Lipinski definition) is 2. The van der Waals surface area contributed by atoms with Crippen LogP contribution in [0.1, 0.15) is 41.5 Å². The molecule has 1 aromatic carbocycles. The highest BCUT2D eigenvalue weighted by Crippen LogP contribution is 2.17. The third-order valence-corrected chi connectivity index (χ3v) is 3.90. The van der Waals surface area contributed by atoms with Gasteiger partial charge in [0.2, 0.25) is 0 Å². The molecule has 2 heterocycles. The molecule has 3 rings (SSSR count). The highest BCUT2D eigenvalue weighted by atomic mass is 16.1. The summed E-state index contributed by atoms with van der Waals surface area (Å²) in [5.41, 5.74) is 3.13. The molecule has 0 saturated heterocycles. The summed E-state index contributed by atoms with van der Waals surface area (Å²) in [5, 5.41) is 5.96. The van der Waals surface area contributed by atoms with Gasteiger partial charge in [-0.1, -0.05) is 32.0 Å². The first-order valence-corrected chi connectivity index (χ1v) is 8.49. The van der Waals surface area contributed by atoms with Crippen LogP contribution in [0.5, 0.6) is 0 Å². The second-order valence-electron chi connectivity index (χ2n) is 6.19. The van der Waals surface area contributed by atoms with Crippen molar-refractivity contribution in [2.45, 2.75) is 26.3 Å². The summed E-state index contributed by atoms with van der Waals surface area (Å²) in [6, 6.07) is 13.5. The monoisotopic (exact) mass is 347 g/mol. The molecular formula is C20H21N5O. The number of aromatic nitrogens is 3. The van der Waals surface area contributed by atoms with Gasteiger partial charge in [0.05, 0.1) is 24.6 Å². The molecule has 2 N–H and O–H groups in total. The molecule has 3 aromatic rings. The normalized spacial score (nSPS) is 10.6. The van der Waals surface area contributed by atoms with E-state index in [-0.39, 0.29) is 11.6 Å². The molecule has 0 spiro atoms. The van der Waals surface area contributed by atoms with Crippen LogP contribution in [0.15, 0.2) is 61.1 Å². The molecule has 0 aliphatic carbocycles. The lowest BCUT2D eigenvalue weighted by Crippen LogP contribution is -2.14. The minimum atomic E-state index is -0.286.